The second-order valence-electron chi connectivity index (χ2n) is 6.22. The van der Waals surface area contributed by atoms with Crippen LogP contribution in [0.3, 0.4) is 0 Å². The molecule has 3 heteroatoms. The van der Waals surface area contributed by atoms with Gasteiger partial charge in [0, 0.05) is 11.6 Å². The first kappa shape index (κ1) is 12.3. The summed E-state index contributed by atoms with van der Waals surface area (Å²) in [5, 5.41) is 10.4. The van der Waals surface area contributed by atoms with Crippen molar-refractivity contribution >= 4 is 0 Å². The Balaban J connectivity index is 1.98. The van der Waals surface area contributed by atoms with Crippen LogP contribution >= 0.6 is 0 Å². The number of rotatable bonds is 2. The Labute approximate surface area is 119 Å². The molecule has 1 saturated carbocycles. The van der Waals surface area contributed by atoms with E-state index in [4.69, 9.17) is 9.47 Å². The molecule has 20 heavy (non-hydrogen) atoms. The summed E-state index contributed by atoms with van der Waals surface area (Å²) in [5.74, 6) is 2.26. The standard InChI is InChI=1S/C17H20O3/c1-3-17-11-5-4-10-8-12(19-2)9-14(15(10)17)20-16(17)13(18)7-6-11/h3,8-9,11,13,16,18H,1,4-7H2,2H3/t11-,13-,16+,17-/m0/s1. The summed E-state index contributed by atoms with van der Waals surface area (Å²) in [6, 6.07) is 4.07. The molecule has 0 saturated heterocycles. The van der Waals surface area contributed by atoms with Crippen LogP contribution < -0.4 is 9.47 Å². The van der Waals surface area contributed by atoms with Crippen molar-refractivity contribution in [1.82, 2.24) is 0 Å². The van der Waals surface area contributed by atoms with Gasteiger partial charge in [-0.15, -0.1) is 6.58 Å². The van der Waals surface area contributed by atoms with Crippen molar-refractivity contribution in [2.45, 2.75) is 43.3 Å². The zero-order chi connectivity index (χ0) is 13.9. The second kappa shape index (κ2) is 4.01. The molecule has 1 aliphatic heterocycles. The first-order valence-electron chi connectivity index (χ1n) is 7.40. The van der Waals surface area contributed by atoms with Crippen molar-refractivity contribution in [3.05, 3.63) is 35.9 Å². The van der Waals surface area contributed by atoms with Crippen LogP contribution in [-0.4, -0.2) is 24.4 Å². The van der Waals surface area contributed by atoms with Gasteiger partial charge < -0.3 is 14.6 Å². The topological polar surface area (TPSA) is 38.7 Å². The summed E-state index contributed by atoms with van der Waals surface area (Å²) in [7, 11) is 1.68. The Morgan fingerprint density at radius 3 is 3.00 bits per heavy atom. The van der Waals surface area contributed by atoms with Gasteiger partial charge in [0.25, 0.3) is 0 Å². The number of aliphatic hydroxyl groups excluding tert-OH is 1. The number of aliphatic hydroxyl groups is 1. The molecule has 0 unspecified atom stereocenters. The number of hydrogen-bond donors (Lipinski definition) is 1. The fourth-order valence-corrected chi connectivity index (χ4v) is 4.61. The van der Waals surface area contributed by atoms with Crippen molar-refractivity contribution in [3.63, 3.8) is 0 Å². The maximum absolute atomic E-state index is 10.4. The van der Waals surface area contributed by atoms with Crippen LogP contribution in [0.15, 0.2) is 24.8 Å². The van der Waals surface area contributed by atoms with E-state index in [9.17, 15) is 5.11 Å². The van der Waals surface area contributed by atoms with E-state index < -0.39 is 6.10 Å². The highest BCUT2D eigenvalue weighted by Gasteiger charge is 2.59. The molecule has 4 rings (SSSR count). The summed E-state index contributed by atoms with van der Waals surface area (Å²) < 4.78 is 11.5. The predicted octanol–water partition coefficient (Wildman–Crippen LogP) is 2.60. The Morgan fingerprint density at radius 1 is 1.40 bits per heavy atom. The Hall–Kier alpha value is -1.48. The summed E-state index contributed by atoms with van der Waals surface area (Å²) in [4.78, 5) is 0. The number of methoxy groups -OCH3 is 1. The molecule has 0 amide bonds. The molecule has 0 aromatic heterocycles. The molecule has 1 aromatic rings. The van der Waals surface area contributed by atoms with Gasteiger partial charge in [0.2, 0.25) is 0 Å². The summed E-state index contributed by atoms with van der Waals surface area (Å²) in [5.41, 5.74) is 2.35. The lowest BCUT2D eigenvalue weighted by molar-refractivity contribution is -0.0381. The largest absolute Gasteiger partial charge is 0.497 e. The van der Waals surface area contributed by atoms with Crippen LogP contribution in [0.25, 0.3) is 0 Å². The minimum absolute atomic E-state index is 0.181. The van der Waals surface area contributed by atoms with E-state index in [0.29, 0.717) is 5.92 Å². The highest BCUT2D eigenvalue weighted by Crippen LogP contribution is 2.59. The first-order chi connectivity index (χ1) is 9.70. The average molecular weight is 272 g/mol. The van der Waals surface area contributed by atoms with Gasteiger partial charge in [-0.1, -0.05) is 6.08 Å². The highest BCUT2D eigenvalue weighted by molar-refractivity contribution is 5.59. The number of benzene rings is 1. The quantitative estimate of drug-likeness (QED) is 0.841. The fourth-order valence-electron chi connectivity index (χ4n) is 4.61. The molecule has 3 aliphatic rings. The summed E-state index contributed by atoms with van der Waals surface area (Å²) >= 11 is 0. The molecule has 0 bridgehead atoms. The number of ether oxygens (including phenoxy) is 2. The maximum atomic E-state index is 10.4. The Bertz CT molecular complexity index is 580. The summed E-state index contributed by atoms with van der Waals surface area (Å²) in [6.07, 6.45) is 5.52. The minimum Gasteiger partial charge on any atom is -0.497 e. The first-order valence-corrected chi connectivity index (χ1v) is 7.40. The van der Waals surface area contributed by atoms with Gasteiger partial charge in [0.05, 0.1) is 18.6 Å². The van der Waals surface area contributed by atoms with Crippen molar-refractivity contribution in [1.29, 1.82) is 0 Å². The molecule has 1 N–H and O–H groups in total. The molecule has 1 aromatic carbocycles. The van der Waals surface area contributed by atoms with Gasteiger partial charge in [0.15, 0.2) is 0 Å². The second-order valence-corrected chi connectivity index (χ2v) is 6.22. The lowest BCUT2D eigenvalue weighted by atomic mass is 9.56. The number of hydrogen-bond acceptors (Lipinski definition) is 3. The van der Waals surface area contributed by atoms with Gasteiger partial charge in [-0.25, -0.2) is 0 Å². The molecule has 3 nitrogen and oxygen atoms in total. The van der Waals surface area contributed by atoms with E-state index in [1.807, 2.05) is 12.1 Å². The van der Waals surface area contributed by atoms with E-state index in [-0.39, 0.29) is 11.5 Å². The Kier molecular flexibility index (Phi) is 2.46. The average Bonchev–Trinajstić information content (AvgIpc) is 2.83. The zero-order valence-electron chi connectivity index (χ0n) is 11.8. The van der Waals surface area contributed by atoms with E-state index in [2.05, 4.69) is 12.6 Å². The molecule has 1 fully saturated rings. The minimum atomic E-state index is -0.409. The van der Waals surface area contributed by atoms with Crippen LogP contribution in [0, 0.1) is 5.92 Å². The molecule has 0 spiro atoms. The lowest BCUT2D eigenvalue weighted by Crippen LogP contribution is -2.54. The lowest BCUT2D eigenvalue weighted by Gasteiger charge is -2.47. The van der Waals surface area contributed by atoms with E-state index in [0.717, 1.165) is 37.2 Å². The summed E-state index contributed by atoms with van der Waals surface area (Å²) in [6.45, 7) is 4.10. The fraction of sp³-hybridized carbons (Fsp3) is 0.529. The number of aryl methyl sites for hydroxylation is 1. The molecule has 0 radical (unpaired) electrons. The molecule has 2 aliphatic carbocycles. The van der Waals surface area contributed by atoms with Gasteiger partial charge in [-0.2, -0.15) is 0 Å². The zero-order valence-corrected chi connectivity index (χ0v) is 11.8. The van der Waals surface area contributed by atoms with E-state index >= 15 is 0 Å². The third-order valence-corrected chi connectivity index (χ3v) is 5.49. The smallest absolute Gasteiger partial charge is 0.138 e. The SMILES string of the molecule is C=C[C@]12c3c4cc(OC)cc3O[C@@H]1[C@@H](O)CC[C@@H]2CC4. The van der Waals surface area contributed by atoms with Crippen molar-refractivity contribution < 1.29 is 14.6 Å². The van der Waals surface area contributed by atoms with Gasteiger partial charge >= 0.3 is 0 Å². The highest BCUT2D eigenvalue weighted by atomic mass is 16.5. The van der Waals surface area contributed by atoms with Crippen LogP contribution in [0.4, 0.5) is 0 Å². The van der Waals surface area contributed by atoms with Gasteiger partial charge in [0.1, 0.15) is 17.6 Å². The van der Waals surface area contributed by atoms with Crippen molar-refractivity contribution in [2.24, 2.45) is 5.92 Å². The third-order valence-electron chi connectivity index (χ3n) is 5.49. The third kappa shape index (κ3) is 1.29. The molecular formula is C17H20O3. The van der Waals surface area contributed by atoms with E-state index in [1.165, 1.54) is 11.1 Å². The normalized spacial score (nSPS) is 37.0. The van der Waals surface area contributed by atoms with Crippen molar-refractivity contribution in [2.75, 3.05) is 7.11 Å². The monoisotopic (exact) mass is 272 g/mol. The van der Waals surface area contributed by atoms with Gasteiger partial charge in [-0.05, 0) is 43.2 Å². The van der Waals surface area contributed by atoms with Crippen LogP contribution in [0.1, 0.15) is 30.4 Å². The molecule has 4 atom stereocenters. The van der Waals surface area contributed by atoms with Crippen LogP contribution in [-0.2, 0) is 11.8 Å². The van der Waals surface area contributed by atoms with Crippen LogP contribution in [0.2, 0.25) is 0 Å². The van der Waals surface area contributed by atoms with Gasteiger partial charge in [-0.3, -0.25) is 0 Å². The molecule has 106 valence electrons. The van der Waals surface area contributed by atoms with Crippen molar-refractivity contribution in [3.8, 4) is 11.5 Å². The molecule has 1 heterocycles. The maximum Gasteiger partial charge on any atom is 0.138 e. The van der Waals surface area contributed by atoms with Crippen LogP contribution in [0.5, 0.6) is 11.5 Å². The van der Waals surface area contributed by atoms with E-state index in [1.54, 1.807) is 7.11 Å². The Morgan fingerprint density at radius 2 is 2.25 bits per heavy atom. The molecular weight excluding hydrogens is 252 g/mol. The predicted molar refractivity (Wildman–Crippen MR) is 76.3 cm³/mol.